The van der Waals surface area contributed by atoms with E-state index in [2.05, 4.69) is 11.1 Å². The van der Waals surface area contributed by atoms with Gasteiger partial charge in [-0.15, -0.1) is 0 Å². The van der Waals surface area contributed by atoms with Crippen molar-refractivity contribution in [1.82, 2.24) is 9.88 Å². The number of fused-ring (bicyclic) bond motifs is 2. The predicted octanol–water partition coefficient (Wildman–Crippen LogP) is 4.20. The van der Waals surface area contributed by atoms with Crippen LogP contribution in [-0.4, -0.2) is 52.5 Å². The Balaban J connectivity index is 1.25. The van der Waals surface area contributed by atoms with Gasteiger partial charge in [0.25, 0.3) is 0 Å². The van der Waals surface area contributed by atoms with Crippen molar-refractivity contribution < 1.29 is 19.0 Å². The molecule has 2 bridgehead atoms. The number of hydrogen-bond donors (Lipinski definition) is 0. The summed E-state index contributed by atoms with van der Waals surface area (Å²) in [4.78, 5) is 18.4. The SMILES string of the molecule is CC(C)OC(=O)N1[C@H]2CC[C@H]1CC(OC1CCC(Oc3ccncc3C#N)CC1)C2. The first kappa shape index (κ1) is 20.9. The second-order valence-electron chi connectivity index (χ2n) is 8.95. The monoisotopic (exact) mass is 413 g/mol. The summed E-state index contributed by atoms with van der Waals surface area (Å²) < 4.78 is 18.0. The zero-order valence-electron chi connectivity index (χ0n) is 17.8. The average molecular weight is 414 g/mol. The van der Waals surface area contributed by atoms with Crippen LogP contribution in [0.2, 0.25) is 0 Å². The van der Waals surface area contributed by atoms with E-state index in [-0.39, 0.29) is 42.6 Å². The van der Waals surface area contributed by atoms with Gasteiger partial charge in [-0.25, -0.2) is 4.79 Å². The summed E-state index contributed by atoms with van der Waals surface area (Å²) >= 11 is 0. The maximum atomic E-state index is 12.4. The lowest BCUT2D eigenvalue weighted by atomic mass is 9.93. The largest absolute Gasteiger partial charge is 0.489 e. The Hall–Kier alpha value is -2.33. The van der Waals surface area contributed by atoms with Crippen molar-refractivity contribution in [1.29, 1.82) is 5.26 Å². The molecule has 1 aromatic rings. The molecule has 3 fully saturated rings. The molecule has 7 heteroatoms. The van der Waals surface area contributed by atoms with Gasteiger partial charge in [-0.05, 0) is 71.3 Å². The number of nitriles is 1. The number of carbonyl (C=O) groups is 1. The van der Waals surface area contributed by atoms with Crippen molar-refractivity contribution in [2.24, 2.45) is 0 Å². The first-order valence-electron chi connectivity index (χ1n) is 11.2. The molecule has 0 radical (unpaired) electrons. The molecule has 2 saturated heterocycles. The summed E-state index contributed by atoms with van der Waals surface area (Å²) in [7, 11) is 0. The number of ether oxygens (including phenoxy) is 3. The van der Waals surface area contributed by atoms with E-state index in [9.17, 15) is 10.1 Å². The van der Waals surface area contributed by atoms with Gasteiger partial charge in [0.15, 0.2) is 0 Å². The van der Waals surface area contributed by atoms with Gasteiger partial charge in [0, 0.05) is 24.5 Å². The van der Waals surface area contributed by atoms with Crippen molar-refractivity contribution in [3.63, 3.8) is 0 Å². The van der Waals surface area contributed by atoms with Crippen LogP contribution in [0.4, 0.5) is 4.79 Å². The molecule has 1 amide bonds. The van der Waals surface area contributed by atoms with Crippen LogP contribution in [-0.2, 0) is 9.47 Å². The van der Waals surface area contributed by atoms with E-state index in [4.69, 9.17) is 14.2 Å². The highest BCUT2D eigenvalue weighted by atomic mass is 16.6. The molecule has 3 aliphatic rings. The first-order chi connectivity index (χ1) is 14.5. The third-order valence-corrected chi connectivity index (χ3v) is 6.44. The van der Waals surface area contributed by atoms with E-state index in [1.165, 1.54) is 0 Å². The highest BCUT2D eigenvalue weighted by molar-refractivity contribution is 5.69. The lowest BCUT2D eigenvalue weighted by Crippen LogP contribution is -2.50. The number of aromatic nitrogens is 1. The third-order valence-electron chi connectivity index (χ3n) is 6.44. The van der Waals surface area contributed by atoms with Crippen molar-refractivity contribution in [2.75, 3.05) is 0 Å². The fraction of sp³-hybridized carbons (Fsp3) is 0.696. The van der Waals surface area contributed by atoms with E-state index in [1.807, 2.05) is 18.7 Å². The number of nitrogens with zero attached hydrogens (tertiary/aromatic N) is 3. The Labute approximate surface area is 178 Å². The highest BCUT2D eigenvalue weighted by Gasteiger charge is 2.45. The molecule has 7 nitrogen and oxygen atoms in total. The normalized spacial score (nSPS) is 30.7. The summed E-state index contributed by atoms with van der Waals surface area (Å²) in [5.74, 6) is 0.620. The zero-order chi connectivity index (χ0) is 21.1. The van der Waals surface area contributed by atoms with Gasteiger partial charge in [0.1, 0.15) is 17.4 Å². The molecule has 3 heterocycles. The maximum Gasteiger partial charge on any atom is 0.410 e. The quantitative estimate of drug-likeness (QED) is 0.719. The molecule has 0 unspecified atom stereocenters. The molecular formula is C23H31N3O4. The number of rotatable bonds is 5. The molecule has 1 saturated carbocycles. The summed E-state index contributed by atoms with van der Waals surface area (Å²) in [5, 5.41) is 9.19. The number of amides is 1. The maximum absolute atomic E-state index is 12.4. The van der Waals surface area contributed by atoms with Crippen molar-refractivity contribution in [3.05, 3.63) is 24.0 Å². The molecule has 162 valence electrons. The van der Waals surface area contributed by atoms with Crippen molar-refractivity contribution in [2.45, 2.75) is 102 Å². The van der Waals surface area contributed by atoms with E-state index in [0.717, 1.165) is 51.4 Å². The van der Waals surface area contributed by atoms with Crippen LogP contribution in [0.25, 0.3) is 0 Å². The zero-order valence-corrected chi connectivity index (χ0v) is 17.8. The van der Waals surface area contributed by atoms with Gasteiger partial charge in [0.2, 0.25) is 0 Å². The van der Waals surface area contributed by atoms with Crippen LogP contribution in [0.15, 0.2) is 18.5 Å². The van der Waals surface area contributed by atoms with Gasteiger partial charge >= 0.3 is 6.09 Å². The van der Waals surface area contributed by atoms with Crippen LogP contribution in [0.3, 0.4) is 0 Å². The molecule has 1 aliphatic carbocycles. The lowest BCUT2D eigenvalue weighted by molar-refractivity contribution is -0.0786. The minimum Gasteiger partial charge on any atom is -0.489 e. The Morgan fingerprint density at radius 3 is 2.40 bits per heavy atom. The number of carbonyl (C=O) groups excluding carboxylic acids is 1. The van der Waals surface area contributed by atoms with Gasteiger partial charge in [-0.1, -0.05) is 0 Å². The second kappa shape index (κ2) is 9.22. The fourth-order valence-corrected chi connectivity index (χ4v) is 5.11. The van der Waals surface area contributed by atoms with Crippen molar-refractivity contribution >= 4 is 6.09 Å². The third kappa shape index (κ3) is 4.70. The standard InChI is InChI=1S/C23H31N3O4/c1-15(2)28-23(27)26-17-3-4-18(26)12-21(11-17)29-19-5-7-20(8-6-19)30-22-9-10-25-14-16(22)13-24/h9-10,14-15,17-21H,3-8,11-12H2,1-2H3/t17-,18-,19?,20?/m0/s1. The smallest absolute Gasteiger partial charge is 0.410 e. The molecule has 30 heavy (non-hydrogen) atoms. The number of hydrogen-bond acceptors (Lipinski definition) is 6. The highest BCUT2D eigenvalue weighted by Crippen LogP contribution is 2.39. The van der Waals surface area contributed by atoms with Crippen LogP contribution in [0.1, 0.15) is 70.8 Å². The molecule has 2 atom stereocenters. The molecule has 1 aromatic heterocycles. The van der Waals surface area contributed by atoms with Gasteiger partial charge in [-0.2, -0.15) is 5.26 Å². The van der Waals surface area contributed by atoms with Crippen LogP contribution in [0.5, 0.6) is 5.75 Å². The molecule has 0 N–H and O–H groups in total. The lowest BCUT2D eigenvalue weighted by Gasteiger charge is -2.40. The molecule has 2 aliphatic heterocycles. The minimum absolute atomic E-state index is 0.0836. The fourth-order valence-electron chi connectivity index (χ4n) is 5.11. The Morgan fingerprint density at radius 2 is 1.77 bits per heavy atom. The first-order valence-corrected chi connectivity index (χ1v) is 11.2. The van der Waals surface area contributed by atoms with E-state index >= 15 is 0 Å². The van der Waals surface area contributed by atoms with Gasteiger partial charge < -0.3 is 19.1 Å². The molecule has 4 rings (SSSR count). The molecule has 0 aromatic carbocycles. The van der Waals surface area contributed by atoms with Crippen LogP contribution in [0, 0.1) is 11.3 Å². The minimum atomic E-state index is -0.165. The molecular weight excluding hydrogens is 382 g/mol. The van der Waals surface area contributed by atoms with E-state index in [1.54, 1.807) is 18.5 Å². The van der Waals surface area contributed by atoms with E-state index < -0.39 is 0 Å². The summed E-state index contributed by atoms with van der Waals surface area (Å²) in [6.45, 7) is 3.79. The molecule has 0 spiro atoms. The van der Waals surface area contributed by atoms with Crippen molar-refractivity contribution in [3.8, 4) is 11.8 Å². The second-order valence-corrected chi connectivity index (χ2v) is 8.95. The van der Waals surface area contributed by atoms with Crippen LogP contribution >= 0.6 is 0 Å². The Kier molecular flexibility index (Phi) is 6.43. The van der Waals surface area contributed by atoms with Gasteiger partial charge in [0.05, 0.1) is 24.4 Å². The topological polar surface area (TPSA) is 84.7 Å². The summed E-state index contributed by atoms with van der Waals surface area (Å²) in [6.07, 6.45) is 11.2. The Bertz CT molecular complexity index is 771. The van der Waals surface area contributed by atoms with Crippen LogP contribution < -0.4 is 4.74 Å². The predicted molar refractivity (Wildman–Crippen MR) is 110 cm³/mol. The Morgan fingerprint density at radius 1 is 1.10 bits per heavy atom. The summed E-state index contributed by atoms with van der Waals surface area (Å²) in [5.41, 5.74) is 0.481. The number of piperidine rings is 1. The number of pyridine rings is 1. The van der Waals surface area contributed by atoms with E-state index in [0.29, 0.717) is 11.3 Å². The average Bonchev–Trinajstić information content (AvgIpc) is 3.00. The summed E-state index contributed by atoms with van der Waals surface area (Å²) in [6, 6.07) is 4.39. The van der Waals surface area contributed by atoms with Gasteiger partial charge in [-0.3, -0.25) is 4.98 Å².